The molecule has 4 heteroatoms. The second kappa shape index (κ2) is 5.01. The molecule has 0 spiro atoms. The smallest absolute Gasteiger partial charge is 0.104 e. The predicted octanol–water partition coefficient (Wildman–Crippen LogP) is 1.40. The van der Waals surface area contributed by atoms with Gasteiger partial charge in [0.1, 0.15) is 5.54 Å². The fraction of sp³-hybridized carbons (Fsp3) is 0.900. The van der Waals surface area contributed by atoms with Crippen LogP contribution >= 0.6 is 11.8 Å². The zero-order valence-corrected chi connectivity index (χ0v) is 9.86. The molecule has 0 bridgehead atoms. The van der Waals surface area contributed by atoms with E-state index in [1.54, 1.807) is 0 Å². The van der Waals surface area contributed by atoms with E-state index < -0.39 is 5.54 Å². The summed E-state index contributed by atoms with van der Waals surface area (Å²) in [6, 6.07) is 2.31. The molecule has 0 aromatic heterocycles. The fourth-order valence-electron chi connectivity index (χ4n) is 1.45. The Balaban J connectivity index is 2.30. The molecule has 2 unspecified atom stereocenters. The molecule has 0 saturated carbocycles. The summed E-state index contributed by atoms with van der Waals surface area (Å²) in [4.78, 5) is 0. The Hall–Kier alpha value is -0.240. The normalized spacial score (nSPS) is 23.3. The van der Waals surface area contributed by atoms with Crippen molar-refractivity contribution < 1.29 is 4.74 Å². The second-order valence-electron chi connectivity index (χ2n) is 4.00. The molecule has 1 aliphatic heterocycles. The van der Waals surface area contributed by atoms with Gasteiger partial charge in [0.25, 0.3) is 0 Å². The summed E-state index contributed by atoms with van der Waals surface area (Å²) in [7, 11) is 1.84. The standard InChI is InChI=1S/C10H18N2OS/c1-8(14-9-5-13-6-9)4-10(2,7-11)12-3/h8-9,12H,4-6H2,1-3H3. The van der Waals surface area contributed by atoms with Crippen LogP contribution in [0.3, 0.4) is 0 Å². The highest BCUT2D eigenvalue weighted by molar-refractivity contribution is 8.00. The van der Waals surface area contributed by atoms with Crippen molar-refractivity contribution in [1.82, 2.24) is 5.32 Å². The molecule has 2 atom stereocenters. The van der Waals surface area contributed by atoms with Crippen LogP contribution in [0.2, 0.25) is 0 Å². The molecule has 3 nitrogen and oxygen atoms in total. The lowest BCUT2D eigenvalue weighted by molar-refractivity contribution is 0.0452. The predicted molar refractivity (Wildman–Crippen MR) is 59.4 cm³/mol. The summed E-state index contributed by atoms with van der Waals surface area (Å²) in [6.07, 6.45) is 0.876. The van der Waals surface area contributed by atoms with Gasteiger partial charge in [0, 0.05) is 5.25 Å². The van der Waals surface area contributed by atoms with Crippen LogP contribution in [0.5, 0.6) is 0 Å². The number of rotatable bonds is 5. The van der Waals surface area contributed by atoms with Gasteiger partial charge < -0.3 is 10.1 Å². The van der Waals surface area contributed by atoms with Gasteiger partial charge in [-0.15, -0.1) is 0 Å². The SMILES string of the molecule is CNC(C)(C#N)CC(C)SC1COC1. The first kappa shape index (κ1) is 11.8. The quantitative estimate of drug-likeness (QED) is 0.751. The van der Waals surface area contributed by atoms with Crippen molar-refractivity contribution in [3.63, 3.8) is 0 Å². The van der Waals surface area contributed by atoms with Gasteiger partial charge in [0.05, 0.1) is 24.5 Å². The van der Waals surface area contributed by atoms with Crippen LogP contribution < -0.4 is 5.32 Å². The van der Waals surface area contributed by atoms with Crippen LogP contribution in [0, 0.1) is 11.3 Å². The van der Waals surface area contributed by atoms with Crippen LogP contribution in [0.25, 0.3) is 0 Å². The third-order valence-corrected chi connectivity index (χ3v) is 3.81. The third-order valence-electron chi connectivity index (χ3n) is 2.53. The number of hydrogen-bond acceptors (Lipinski definition) is 4. The number of nitrogens with zero attached hydrogens (tertiary/aromatic N) is 1. The van der Waals surface area contributed by atoms with E-state index in [9.17, 15) is 0 Å². The molecule has 0 radical (unpaired) electrons. The van der Waals surface area contributed by atoms with Gasteiger partial charge in [-0.1, -0.05) is 6.92 Å². The average molecular weight is 214 g/mol. The van der Waals surface area contributed by atoms with Crippen molar-refractivity contribution in [3.05, 3.63) is 0 Å². The Morgan fingerprint density at radius 1 is 1.71 bits per heavy atom. The van der Waals surface area contributed by atoms with Crippen LogP contribution in [-0.2, 0) is 4.74 Å². The molecule has 1 aliphatic rings. The van der Waals surface area contributed by atoms with Gasteiger partial charge in [0.15, 0.2) is 0 Å². The van der Waals surface area contributed by atoms with E-state index in [1.165, 1.54) is 0 Å². The molecule has 1 heterocycles. The molecule has 0 aliphatic carbocycles. The third kappa shape index (κ3) is 3.16. The molecular weight excluding hydrogens is 196 g/mol. The maximum Gasteiger partial charge on any atom is 0.104 e. The average Bonchev–Trinajstić information content (AvgIpc) is 2.11. The molecule has 0 amide bonds. The highest BCUT2D eigenvalue weighted by Gasteiger charge is 2.28. The largest absolute Gasteiger partial charge is 0.379 e. The molecule has 0 aromatic carbocycles. The number of thioether (sulfide) groups is 1. The molecular formula is C10H18N2OS. The zero-order chi connectivity index (χ0) is 10.6. The Kier molecular flexibility index (Phi) is 4.24. The minimum absolute atomic E-state index is 0.392. The van der Waals surface area contributed by atoms with Gasteiger partial charge >= 0.3 is 0 Å². The fourth-order valence-corrected chi connectivity index (χ4v) is 2.88. The Morgan fingerprint density at radius 3 is 2.71 bits per heavy atom. The summed E-state index contributed by atoms with van der Waals surface area (Å²) in [5.74, 6) is 0. The van der Waals surface area contributed by atoms with E-state index in [4.69, 9.17) is 10.00 Å². The highest BCUT2D eigenvalue weighted by Crippen LogP contribution is 2.28. The summed E-state index contributed by atoms with van der Waals surface area (Å²) in [5, 5.41) is 13.2. The van der Waals surface area contributed by atoms with Gasteiger partial charge in [-0.05, 0) is 20.4 Å². The molecule has 0 aromatic rings. The maximum atomic E-state index is 8.99. The molecule has 1 rings (SSSR count). The number of hydrogen-bond donors (Lipinski definition) is 1. The van der Waals surface area contributed by atoms with Gasteiger partial charge in [-0.3, -0.25) is 0 Å². The highest BCUT2D eigenvalue weighted by atomic mass is 32.2. The van der Waals surface area contributed by atoms with Crippen molar-refractivity contribution in [3.8, 4) is 6.07 Å². The maximum absolute atomic E-state index is 8.99. The summed E-state index contributed by atoms with van der Waals surface area (Å²) in [5.41, 5.74) is -0.392. The first-order chi connectivity index (χ1) is 6.59. The first-order valence-electron chi connectivity index (χ1n) is 4.93. The van der Waals surface area contributed by atoms with E-state index in [1.807, 2.05) is 25.7 Å². The van der Waals surface area contributed by atoms with Crippen molar-refractivity contribution in [2.75, 3.05) is 20.3 Å². The zero-order valence-electron chi connectivity index (χ0n) is 9.04. The topological polar surface area (TPSA) is 45.0 Å². The van der Waals surface area contributed by atoms with E-state index in [2.05, 4.69) is 18.3 Å². The van der Waals surface area contributed by atoms with Gasteiger partial charge in [-0.2, -0.15) is 17.0 Å². The molecule has 1 saturated heterocycles. The number of nitrogens with one attached hydrogen (secondary N) is 1. The van der Waals surface area contributed by atoms with E-state index in [0.29, 0.717) is 10.5 Å². The number of nitriles is 1. The Bertz CT molecular complexity index is 225. The van der Waals surface area contributed by atoms with Gasteiger partial charge in [0.2, 0.25) is 0 Å². The monoisotopic (exact) mass is 214 g/mol. The summed E-state index contributed by atoms with van der Waals surface area (Å²) >= 11 is 1.93. The molecule has 1 N–H and O–H groups in total. The Labute approximate surface area is 90.2 Å². The number of ether oxygens (including phenoxy) is 1. The lowest BCUT2D eigenvalue weighted by atomic mass is 9.98. The van der Waals surface area contributed by atoms with Crippen LogP contribution in [-0.4, -0.2) is 36.3 Å². The van der Waals surface area contributed by atoms with Crippen LogP contribution in [0.1, 0.15) is 20.3 Å². The van der Waals surface area contributed by atoms with Crippen LogP contribution in [0.4, 0.5) is 0 Å². The van der Waals surface area contributed by atoms with E-state index in [-0.39, 0.29) is 0 Å². The first-order valence-corrected chi connectivity index (χ1v) is 5.87. The Morgan fingerprint density at radius 2 is 2.36 bits per heavy atom. The van der Waals surface area contributed by atoms with Crippen molar-refractivity contribution in [2.45, 2.75) is 36.3 Å². The lowest BCUT2D eigenvalue weighted by Crippen LogP contribution is -2.41. The molecule has 14 heavy (non-hydrogen) atoms. The van der Waals surface area contributed by atoms with Crippen molar-refractivity contribution in [1.29, 1.82) is 5.26 Å². The van der Waals surface area contributed by atoms with Crippen molar-refractivity contribution in [2.24, 2.45) is 0 Å². The summed E-state index contributed by atoms with van der Waals surface area (Å²) in [6.45, 7) is 5.87. The lowest BCUT2D eigenvalue weighted by Gasteiger charge is -2.31. The minimum atomic E-state index is -0.392. The van der Waals surface area contributed by atoms with Crippen molar-refractivity contribution >= 4 is 11.8 Å². The second-order valence-corrected chi connectivity index (χ2v) is 5.75. The molecule has 1 fully saturated rings. The van der Waals surface area contributed by atoms with Gasteiger partial charge in [-0.25, -0.2) is 0 Å². The summed E-state index contributed by atoms with van der Waals surface area (Å²) < 4.78 is 5.12. The minimum Gasteiger partial charge on any atom is -0.379 e. The van der Waals surface area contributed by atoms with E-state index >= 15 is 0 Å². The van der Waals surface area contributed by atoms with E-state index in [0.717, 1.165) is 19.6 Å². The van der Waals surface area contributed by atoms with Crippen LogP contribution in [0.15, 0.2) is 0 Å². The molecule has 80 valence electrons.